The molecule has 0 radical (unpaired) electrons. The Hall–Kier alpha value is -2.44. The molecule has 0 spiro atoms. The van der Waals surface area contributed by atoms with Gasteiger partial charge in [0, 0.05) is 38.3 Å². The largest absolute Gasteiger partial charge is 0.497 e. The first-order valence-electron chi connectivity index (χ1n) is 8.60. The second-order valence-electron chi connectivity index (χ2n) is 5.95. The van der Waals surface area contributed by atoms with Gasteiger partial charge < -0.3 is 24.6 Å². The number of nitrogens with one attached hydrogen (secondary N) is 1. The average molecular weight is 349 g/mol. The van der Waals surface area contributed by atoms with E-state index in [0.29, 0.717) is 44.2 Å². The van der Waals surface area contributed by atoms with Crippen molar-refractivity contribution in [2.45, 2.75) is 19.8 Å². The van der Waals surface area contributed by atoms with E-state index >= 15 is 0 Å². The van der Waals surface area contributed by atoms with Gasteiger partial charge in [-0.05, 0) is 24.6 Å². The number of carbonyl (C=O) groups excluding carboxylic acids is 2. The van der Waals surface area contributed by atoms with E-state index in [1.54, 1.807) is 36.2 Å². The van der Waals surface area contributed by atoms with Crippen LogP contribution in [0, 0.1) is 0 Å². The smallest absolute Gasteiger partial charge is 0.317 e. The molecule has 7 nitrogen and oxygen atoms in total. The summed E-state index contributed by atoms with van der Waals surface area (Å²) in [5, 5.41) is 2.87. The summed E-state index contributed by atoms with van der Waals surface area (Å²) >= 11 is 0. The number of methoxy groups -OCH3 is 2. The number of hydrogen-bond donors (Lipinski definition) is 1. The van der Waals surface area contributed by atoms with Gasteiger partial charge in [0.1, 0.15) is 11.5 Å². The van der Waals surface area contributed by atoms with Gasteiger partial charge >= 0.3 is 6.03 Å². The molecule has 138 valence electrons. The van der Waals surface area contributed by atoms with Crippen LogP contribution in [0.5, 0.6) is 11.5 Å². The predicted octanol–water partition coefficient (Wildman–Crippen LogP) is 1.51. The molecule has 0 unspecified atom stereocenters. The van der Waals surface area contributed by atoms with E-state index in [9.17, 15) is 9.59 Å². The minimum Gasteiger partial charge on any atom is -0.497 e. The van der Waals surface area contributed by atoms with Crippen molar-refractivity contribution >= 4 is 11.9 Å². The normalized spacial score (nSPS) is 14.2. The van der Waals surface area contributed by atoms with Crippen LogP contribution >= 0.6 is 0 Å². The van der Waals surface area contributed by atoms with Crippen molar-refractivity contribution < 1.29 is 19.1 Å². The molecule has 1 saturated heterocycles. The van der Waals surface area contributed by atoms with E-state index in [0.717, 1.165) is 12.0 Å². The Balaban J connectivity index is 1.92. The first-order chi connectivity index (χ1) is 12.1. The van der Waals surface area contributed by atoms with Gasteiger partial charge in [-0.25, -0.2) is 4.79 Å². The van der Waals surface area contributed by atoms with Crippen molar-refractivity contribution in [3.05, 3.63) is 23.8 Å². The number of amides is 3. The molecule has 1 N–H and O–H groups in total. The molecule has 7 heteroatoms. The van der Waals surface area contributed by atoms with Gasteiger partial charge in [-0.1, -0.05) is 6.92 Å². The van der Waals surface area contributed by atoms with Gasteiger partial charge in [0.15, 0.2) is 0 Å². The van der Waals surface area contributed by atoms with Gasteiger partial charge in [-0.3, -0.25) is 4.79 Å². The summed E-state index contributed by atoms with van der Waals surface area (Å²) in [4.78, 5) is 28.1. The summed E-state index contributed by atoms with van der Waals surface area (Å²) in [6.07, 6.45) is 1.16. The van der Waals surface area contributed by atoms with Gasteiger partial charge in [0.05, 0.1) is 20.6 Å². The van der Waals surface area contributed by atoms with E-state index < -0.39 is 0 Å². The van der Waals surface area contributed by atoms with Crippen molar-refractivity contribution in [2.75, 3.05) is 46.9 Å². The maximum absolute atomic E-state index is 12.6. The van der Waals surface area contributed by atoms with E-state index in [1.165, 1.54) is 0 Å². The summed E-state index contributed by atoms with van der Waals surface area (Å²) in [7, 11) is 3.18. The number of urea groups is 1. The van der Waals surface area contributed by atoms with Crippen LogP contribution in [0.4, 0.5) is 4.79 Å². The molecule has 2 rings (SSSR count). The van der Waals surface area contributed by atoms with Crippen LogP contribution < -0.4 is 14.8 Å². The van der Waals surface area contributed by atoms with E-state index in [2.05, 4.69) is 5.32 Å². The van der Waals surface area contributed by atoms with E-state index in [1.807, 2.05) is 13.0 Å². The van der Waals surface area contributed by atoms with Gasteiger partial charge in [0.2, 0.25) is 5.91 Å². The lowest BCUT2D eigenvalue weighted by molar-refractivity contribution is -0.131. The molecule has 1 aromatic carbocycles. The van der Waals surface area contributed by atoms with Crippen LogP contribution in [-0.4, -0.2) is 68.7 Å². The molecule has 0 bridgehead atoms. The number of ether oxygens (including phenoxy) is 2. The lowest BCUT2D eigenvalue weighted by Crippen LogP contribution is -2.53. The highest BCUT2D eigenvalue weighted by atomic mass is 16.5. The average Bonchev–Trinajstić information content (AvgIpc) is 2.66. The van der Waals surface area contributed by atoms with E-state index in [-0.39, 0.29) is 18.4 Å². The maximum atomic E-state index is 12.6. The third-order valence-electron chi connectivity index (χ3n) is 4.28. The second kappa shape index (κ2) is 9.15. The Bertz CT molecular complexity index is 598. The zero-order chi connectivity index (χ0) is 18.2. The third kappa shape index (κ3) is 5.01. The van der Waals surface area contributed by atoms with Crippen LogP contribution in [0.3, 0.4) is 0 Å². The van der Waals surface area contributed by atoms with Crippen LogP contribution in [0.25, 0.3) is 0 Å². The minimum atomic E-state index is -0.0524. The second-order valence-corrected chi connectivity index (χ2v) is 5.95. The number of nitrogens with zero attached hydrogens (tertiary/aromatic N) is 2. The fraction of sp³-hybridized carbons (Fsp3) is 0.556. The molecule has 0 atom stereocenters. The molecular weight excluding hydrogens is 322 g/mol. The Labute approximate surface area is 148 Å². The molecule has 0 aromatic heterocycles. The van der Waals surface area contributed by atoms with Crippen LogP contribution in [0.1, 0.15) is 18.9 Å². The highest BCUT2D eigenvalue weighted by Gasteiger charge is 2.24. The molecule has 1 aromatic rings. The fourth-order valence-corrected chi connectivity index (χ4v) is 2.80. The Kier molecular flexibility index (Phi) is 6.91. The lowest BCUT2D eigenvalue weighted by atomic mass is 10.1. The van der Waals surface area contributed by atoms with Crippen molar-refractivity contribution in [3.63, 3.8) is 0 Å². The van der Waals surface area contributed by atoms with Gasteiger partial charge in [-0.15, -0.1) is 0 Å². The lowest BCUT2D eigenvalue weighted by Gasteiger charge is -2.34. The SMILES string of the molecule is CCCNC(=O)N1CCN(C(=O)Cc2cc(OC)ccc2OC)CC1. The standard InChI is InChI=1S/C18H27N3O4/c1-4-7-19-18(23)21-10-8-20(9-11-21)17(22)13-14-12-15(24-2)5-6-16(14)25-3/h5-6,12H,4,7-11,13H2,1-3H3,(H,19,23). The van der Waals surface area contributed by atoms with Crippen LogP contribution in [-0.2, 0) is 11.2 Å². The summed E-state index contributed by atoms with van der Waals surface area (Å²) < 4.78 is 10.6. The van der Waals surface area contributed by atoms with Gasteiger partial charge in [0.25, 0.3) is 0 Å². The zero-order valence-corrected chi connectivity index (χ0v) is 15.2. The summed E-state index contributed by atoms with van der Waals surface area (Å²) in [6, 6.07) is 5.38. The predicted molar refractivity (Wildman–Crippen MR) is 95.1 cm³/mol. The molecule has 1 aliphatic rings. The first kappa shape index (κ1) is 18.9. The molecule has 1 fully saturated rings. The number of benzene rings is 1. The van der Waals surface area contributed by atoms with Crippen molar-refractivity contribution in [1.82, 2.24) is 15.1 Å². The molecule has 0 saturated carbocycles. The monoisotopic (exact) mass is 349 g/mol. The van der Waals surface area contributed by atoms with E-state index in [4.69, 9.17) is 9.47 Å². The molecule has 1 aliphatic heterocycles. The molecular formula is C18H27N3O4. The van der Waals surface area contributed by atoms with Crippen molar-refractivity contribution in [3.8, 4) is 11.5 Å². The summed E-state index contributed by atoms with van der Waals surface area (Å²) in [5.41, 5.74) is 0.801. The zero-order valence-electron chi connectivity index (χ0n) is 15.2. The van der Waals surface area contributed by atoms with Crippen molar-refractivity contribution in [2.24, 2.45) is 0 Å². The Morgan fingerprint density at radius 3 is 2.36 bits per heavy atom. The topological polar surface area (TPSA) is 71.1 Å². The minimum absolute atomic E-state index is 0.0279. The molecule has 0 aliphatic carbocycles. The highest BCUT2D eigenvalue weighted by molar-refractivity contribution is 5.80. The first-order valence-corrected chi connectivity index (χ1v) is 8.60. The molecule has 25 heavy (non-hydrogen) atoms. The van der Waals surface area contributed by atoms with Crippen molar-refractivity contribution in [1.29, 1.82) is 0 Å². The summed E-state index contributed by atoms with van der Waals surface area (Å²) in [5.74, 6) is 1.40. The van der Waals surface area contributed by atoms with Crippen LogP contribution in [0.15, 0.2) is 18.2 Å². The van der Waals surface area contributed by atoms with Crippen LogP contribution in [0.2, 0.25) is 0 Å². The Morgan fingerprint density at radius 1 is 1.08 bits per heavy atom. The number of hydrogen-bond acceptors (Lipinski definition) is 4. The Morgan fingerprint density at radius 2 is 1.76 bits per heavy atom. The highest BCUT2D eigenvalue weighted by Crippen LogP contribution is 2.25. The third-order valence-corrected chi connectivity index (χ3v) is 4.28. The van der Waals surface area contributed by atoms with Gasteiger partial charge in [-0.2, -0.15) is 0 Å². The number of rotatable bonds is 6. The summed E-state index contributed by atoms with van der Waals surface area (Å²) in [6.45, 7) is 4.89. The quantitative estimate of drug-likeness (QED) is 0.845. The maximum Gasteiger partial charge on any atom is 0.317 e. The molecule has 1 heterocycles. The molecule has 3 amide bonds. The number of carbonyl (C=O) groups is 2. The fourth-order valence-electron chi connectivity index (χ4n) is 2.80. The number of piperazine rings is 1.